The summed E-state index contributed by atoms with van der Waals surface area (Å²) in [6, 6.07) is 0.147. The van der Waals surface area contributed by atoms with E-state index < -0.39 is 5.60 Å². The molecule has 0 saturated carbocycles. The standard InChI is InChI=1S/C12H21NO2/c1-5-10-8-6-7-9-13(10)11(14)15-12(2,3)4/h5,10H,1,6-9H2,2-4H3/t10-/m0/s1. The van der Waals surface area contributed by atoms with Gasteiger partial charge in [-0.3, -0.25) is 0 Å². The van der Waals surface area contributed by atoms with Crippen molar-refractivity contribution in [3.05, 3.63) is 12.7 Å². The predicted molar refractivity (Wildman–Crippen MR) is 60.8 cm³/mol. The van der Waals surface area contributed by atoms with Gasteiger partial charge in [-0.1, -0.05) is 6.08 Å². The summed E-state index contributed by atoms with van der Waals surface area (Å²) in [5.41, 5.74) is -0.416. The van der Waals surface area contributed by atoms with Crippen molar-refractivity contribution in [2.45, 2.75) is 51.7 Å². The zero-order chi connectivity index (χ0) is 11.5. The molecule has 1 rings (SSSR count). The van der Waals surface area contributed by atoms with E-state index >= 15 is 0 Å². The molecule has 0 aliphatic carbocycles. The molecular weight excluding hydrogens is 190 g/mol. The summed E-state index contributed by atoms with van der Waals surface area (Å²) >= 11 is 0. The number of carbonyl (C=O) groups excluding carboxylic acids is 1. The van der Waals surface area contributed by atoms with Crippen molar-refractivity contribution < 1.29 is 9.53 Å². The molecule has 15 heavy (non-hydrogen) atoms. The summed E-state index contributed by atoms with van der Waals surface area (Å²) in [5, 5.41) is 0. The second-order valence-corrected chi connectivity index (χ2v) is 4.97. The molecule has 1 heterocycles. The van der Waals surface area contributed by atoms with E-state index in [1.807, 2.05) is 26.8 Å². The zero-order valence-corrected chi connectivity index (χ0v) is 9.95. The number of likely N-dealkylation sites (tertiary alicyclic amines) is 1. The Morgan fingerprint density at radius 1 is 1.47 bits per heavy atom. The Bertz CT molecular complexity index is 242. The van der Waals surface area contributed by atoms with Crippen LogP contribution < -0.4 is 0 Å². The van der Waals surface area contributed by atoms with E-state index in [4.69, 9.17) is 4.74 Å². The van der Waals surface area contributed by atoms with E-state index in [9.17, 15) is 4.79 Å². The highest BCUT2D eigenvalue weighted by Gasteiger charge is 2.28. The molecule has 3 heteroatoms. The van der Waals surface area contributed by atoms with Gasteiger partial charge in [0.2, 0.25) is 0 Å². The molecule has 1 aliphatic rings. The van der Waals surface area contributed by atoms with Gasteiger partial charge in [0.15, 0.2) is 0 Å². The van der Waals surface area contributed by atoms with Crippen LogP contribution in [0, 0.1) is 0 Å². The molecule has 0 aromatic heterocycles. The Morgan fingerprint density at radius 2 is 2.13 bits per heavy atom. The van der Waals surface area contributed by atoms with Gasteiger partial charge in [-0.15, -0.1) is 6.58 Å². The lowest BCUT2D eigenvalue weighted by Gasteiger charge is -2.35. The fraction of sp³-hybridized carbons (Fsp3) is 0.750. The smallest absolute Gasteiger partial charge is 0.410 e. The molecule has 3 nitrogen and oxygen atoms in total. The van der Waals surface area contributed by atoms with Crippen LogP contribution in [0.5, 0.6) is 0 Å². The molecule has 1 saturated heterocycles. The first-order valence-electron chi connectivity index (χ1n) is 5.56. The van der Waals surface area contributed by atoms with Gasteiger partial charge in [-0.05, 0) is 40.0 Å². The van der Waals surface area contributed by atoms with Crippen molar-refractivity contribution in [1.82, 2.24) is 4.90 Å². The summed E-state index contributed by atoms with van der Waals surface area (Å²) in [7, 11) is 0. The number of amides is 1. The van der Waals surface area contributed by atoms with Gasteiger partial charge < -0.3 is 9.64 Å². The third-order valence-corrected chi connectivity index (χ3v) is 2.45. The summed E-state index contributed by atoms with van der Waals surface area (Å²) in [6.07, 6.45) is 4.85. The van der Waals surface area contributed by atoms with Gasteiger partial charge >= 0.3 is 6.09 Å². The second kappa shape index (κ2) is 4.69. The largest absolute Gasteiger partial charge is 0.444 e. The first-order valence-corrected chi connectivity index (χ1v) is 5.56. The molecule has 0 aromatic rings. The number of nitrogens with zero attached hydrogens (tertiary/aromatic N) is 1. The van der Waals surface area contributed by atoms with Crippen molar-refractivity contribution in [3.63, 3.8) is 0 Å². The molecule has 0 aromatic carbocycles. The van der Waals surface area contributed by atoms with Gasteiger partial charge in [0.25, 0.3) is 0 Å². The zero-order valence-electron chi connectivity index (χ0n) is 9.95. The van der Waals surface area contributed by atoms with Crippen molar-refractivity contribution in [1.29, 1.82) is 0 Å². The maximum atomic E-state index is 11.8. The molecular formula is C12H21NO2. The van der Waals surface area contributed by atoms with Crippen molar-refractivity contribution in [3.8, 4) is 0 Å². The summed E-state index contributed by atoms with van der Waals surface area (Å²) in [5.74, 6) is 0. The molecule has 1 fully saturated rings. The quantitative estimate of drug-likeness (QED) is 0.624. The first-order chi connectivity index (χ1) is 6.94. The van der Waals surface area contributed by atoms with E-state index in [1.165, 1.54) is 0 Å². The average Bonchev–Trinajstić information content (AvgIpc) is 2.15. The Balaban J connectivity index is 2.60. The Hall–Kier alpha value is -0.990. The van der Waals surface area contributed by atoms with Crippen LogP contribution in [-0.2, 0) is 4.74 Å². The van der Waals surface area contributed by atoms with Crippen molar-refractivity contribution in [2.24, 2.45) is 0 Å². The summed E-state index contributed by atoms with van der Waals surface area (Å²) < 4.78 is 5.35. The SMILES string of the molecule is C=C[C@H]1CCCCN1C(=O)OC(C)(C)C. The number of hydrogen-bond donors (Lipinski definition) is 0. The van der Waals surface area contributed by atoms with Crippen LogP contribution in [0.3, 0.4) is 0 Å². The van der Waals surface area contributed by atoms with Gasteiger partial charge in [0.05, 0.1) is 6.04 Å². The number of hydrogen-bond acceptors (Lipinski definition) is 2. The minimum atomic E-state index is -0.416. The fourth-order valence-corrected chi connectivity index (χ4v) is 1.75. The van der Waals surface area contributed by atoms with Crippen LogP contribution in [0.2, 0.25) is 0 Å². The minimum Gasteiger partial charge on any atom is -0.444 e. The lowest BCUT2D eigenvalue weighted by molar-refractivity contribution is 0.0150. The van der Waals surface area contributed by atoms with E-state index in [1.54, 1.807) is 4.90 Å². The Kier molecular flexibility index (Phi) is 3.77. The second-order valence-electron chi connectivity index (χ2n) is 4.97. The lowest BCUT2D eigenvalue weighted by Crippen LogP contribution is -2.45. The Labute approximate surface area is 92.1 Å². The highest BCUT2D eigenvalue weighted by Crippen LogP contribution is 2.20. The van der Waals surface area contributed by atoms with Crippen LogP contribution in [0.15, 0.2) is 12.7 Å². The minimum absolute atomic E-state index is 0.147. The molecule has 86 valence electrons. The van der Waals surface area contributed by atoms with Gasteiger partial charge in [0, 0.05) is 6.54 Å². The Morgan fingerprint density at radius 3 is 2.67 bits per heavy atom. The highest BCUT2D eigenvalue weighted by molar-refractivity contribution is 5.69. The van der Waals surface area contributed by atoms with Crippen LogP contribution in [0.1, 0.15) is 40.0 Å². The van der Waals surface area contributed by atoms with E-state index in [-0.39, 0.29) is 12.1 Å². The molecule has 1 atom stereocenters. The van der Waals surface area contributed by atoms with Crippen molar-refractivity contribution >= 4 is 6.09 Å². The van der Waals surface area contributed by atoms with Gasteiger partial charge in [0.1, 0.15) is 5.60 Å². The molecule has 0 spiro atoms. The normalized spacial score (nSPS) is 22.3. The monoisotopic (exact) mass is 211 g/mol. The third-order valence-electron chi connectivity index (χ3n) is 2.45. The van der Waals surface area contributed by atoms with Gasteiger partial charge in [-0.2, -0.15) is 0 Å². The predicted octanol–water partition coefficient (Wildman–Crippen LogP) is 2.96. The first kappa shape index (κ1) is 12.1. The van der Waals surface area contributed by atoms with Crippen molar-refractivity contribution in [2.75, 3.05) is 6.54 Å². The maximum absolute atomic E-state index is 11.8. The lowest BCUT2D eigenvalue weighted by atomic mass is 10.0. The fourth-order valence-electron chi connectivity index (χ4n) is 1.75. The van der Waals surface area contributed by atoms with Crippen LogP contribution in [0.4, 0.5) is 4.79 Å². The molecule has 0 N–H and O–H groups in total. The maximum Gasteiger partial charge on any atom is 0.410 e. The van der Waals surface area contributed by atoms with E-state index in [0.717, 1.165) is 25.8 Å². The van der Waals surface area contributed by atoms with Crippen LogP contribution >= 0.6 is 0 Å². The number of carbonyl (C=O) groups is 1. The van der Waals surface area contributed by atoms with E-state index in [0.29, 0.717) is 0 Å². The average molecular weight is 211 g/mol. The summed E-state index contributed by atoms with van der Waals surface area (Å²) in [4.78, 5) is 13.6. The number of piperidine rings is 1. The molecule has 1 amide bonds. The molecule has 0 radical (unpaired) electrons. The molecule has 0 bridgehead atoms. The third kappa shape index (κ3) is 3.57. The van der Waals surface area contributed by atoms with Crippen LogP contribution in [-0.4, -0.2) is 29.2 Å². The van der Waals surface area contributed by atoms with Gasteiger partial charge in [-0.25, -0.2) is 4.79 Å². The number of rotatable bonds is 1. The molecule has 1 aliphatic heterocycles. The number of ether oxygens (including phenoxy) is 1. The van der Waals surface area contributed by atoms with Crippen LogP contribution in [0.25, 0.3) is 0 Å². The highest BCUT2D eigenvalue weighted by atomic mass is 16.6. The topological polar surface area (TPSA) is 29.5 Å². The summed E-state index contributed by atoms with van der Waals surface area (Å²) in [6.45, 7) is 10.2. The van der Waals surface area contributed by atoms with E-state index in [2.05, 4.69) is 6.58 Å². The molecule has 0 unspecified atom stereocenters.